The van der Waals surface area contributed by atoms with E-state index in [0.717, 1.165) is 22.3 Å². The van der Waals surface area contributed by atoms with Crippen molar-refractivity contribution in [2.45, 2.75) is 24.8 Å². The Balaban J connectivity index is 1.53. The summed E-state index contributed by atoms with van der Waals surface area (Å²) in [7, 11) is -4.21. The van der Waals surface area contributed by atoms with Crippen LogP contribution in [0.5, 0.6) is 0 Å². The molecule has 0 unspecified atom stereocenters. The number of benzene rings is 2. The topological polar surface area (TPSA) is 159 Å². The molecular weight excluding hydrogens is 452 g/mol. The van der Waals surface area contributed by atoms with E-state index in [1.165, 1.54) is 0 Å². The minimum atomic E-state index is -4.21. The summed E-state index contributed by atoms with van der Waals surface area (Å²) in [4.78, 5) is 35.5. The van der Waals surface area contributed by atoms with Crippen LogP contribution in [0, 0.1) is 0 Å². The molecule has 0 saturated carbocycles. The SMILES string of the molecule is O=C(CC[C@H](NC(=O)OCC1c2ccccc2-c2ccccc21)C(=O)O)NCCS(=O)(=O)O. The number of hydrogen-bond acceptors (Lipinski definition) is 6. The zero-order valence-corrected chi connectivity index (χ0v) is 18.4. The molecule has 0 heterocycles. The molecule has 4 N–H and O–H groups in total. The maximum absolute atomic E-state index is 12.3. The maximum atomic E-state index is 12.3. The van der Waals surface area contributed by atoms with Crippen LogP contribution in [0.2, 0.25) is 0 Å². The first-order valence-corrected chi connectivity index (χ1v) is 11.8. The Bertz CT molecular complexity index is 1100. The van der Waals surface area contributed by atoms with Crippen molar-refractivity contribution in [1.29, 1.82) is 0 Å². The van der Waals surface area contributed by atoms with Crippen LogP contribution in [0.25, 0.3) is 11.1 Å². The van der Waals surface area contributed by atoms with Gasteiger partial charge in [-0.1, -0.05) is 48.5 Å². The van der Waals surface area contributed by atoms with Crippen molar-refractivity contribution in [2.24, 2.45) is 0 Å². The van der Waals surface area contributed by atoms with Gasteiger partial charge in [-0.15, -0.1) is 0 Å². The Kier molecular flexibility index (Phi) is 7.67. The third kappa shape index (κ3) is 6.53. The molecule has 1 aliphatic rings. The first-order valence-electron chi connectivity index (χ1n) is 10.2. The van der Waals surface area contributed by atoms with Gasteiger partial charge < -0.3 is 20.5 Å². The Morgan fingerprint density at radius 2 is 1.58 bits per heavy atom. The monoisotopic (exact) mass is 476 g/mol. The van der Waals surface area contributed by atoms with Crippen LogP contribution >= 0.6 is 0 Å². The number of ether oxygens (including phenoxy) is 1. The second-order valence-electron chi connectivity index (χ2n) is 7.54. The summed E-state index contributed by atoms with van der Waals surface area (Å²) < 4.78 is 35.3. The van der Waals surface area contributed by atoms with Crippen molar-refractivity contribution in [3.63, 3.8) is 0 Å². The van der Waals surface area contributed by atoms with Gasteiger partial charge in [-0.2, -0.15) is 8.42 Å². The highest BCUT2D eigenvalue weighted by Crippen LogP contribution is 2.44. The number of amides is 2. The summed E-state index contributed by atoms with van der Waals surface area (Å²) in [6, 6.07) is 14.2. The van der Waals surface area contributed by atoms with Crippen molar-refractivity contribution in [3.8, 4) is 11.1 Å². The quantitative estimate of drug-likeness (QED) is 0.378. The Morgan fingerprint density at radius 3 is 2.12 bits per heavy atom. The van der Waals surface area contributed by atoms with E-state index >= 15 is 0 Å². The van der Waals surface area contributed by atoms with E-state index in [0.29, 0.717) is 0 Å². The number of alkyl carbamates (subject to hydrolysis) is 1. The zero-order valence-electron chi connectivity index (χ0n) is 17.6. The molecule has 1 aliphatic carbocycles. The van der Waals surface area contributed by atoms with E-state index in [4.69, 9.17) is 9.29 Å². The smallest absolute Gasteiger partial charge is 0.407 e. The first-order chi connectivity index (χ1) is 15.7. The van der Waals surface area contributed by atoms with Crippen LogP contribution < -0.4 is 10.6 Å². The fourth-order valence-electron chi connectivity index (χ4n) is 3.72. The summed E-state index contributed by atoms with van der Waals surface area (Å²) in [5, 5.41) is 13.8. The Labute approximate surface area is 190 Å². The molecule has 3 rings (SSSR count). The summed E-state index contributed by atoms with van der Waals surface area (Å²) in [5.74, 6) is -2.78. The molecule has 0 fully saturated rings. The lowest BCUT2D eigenvalue weighted by atomic mass is 9.98. The summed E-state index contributed by atoms with van der Waals surface area (Å²) in [5.41, 5.74) is 4.15. The number of hydrogen-bond donors (Lipinski definition) is 4. The summed E-state index contributed by atoms with van der Waals surface area (Å²) in [6.45, 7) is -0.294. The summed E-state index contributed by atoms with van der Waals surface area (Å²) in [6.07, 6.45) is -1.42. The van der Waals surface area contributed by atoms with Crippen LogP contribution in [0.4, 0.5) is 4.79 Å². The van der Waals surface area contributed by atoms with Gasteiger partial charge in [0.15, 0.2) is 0 Å². The molecule has 176 valence electrons. The Morgan fingerprint density at radius 1 is 1.00 bits per heavy atom. The normalized spacial score (nSPS) is 13.5. The highest BCUT2D eigenvalue weighted by Gasteiger charge is 2.29. The molecule has 11 heteroatoms. The third-order valence-corrected chi connectivity index (χ3v) is 6.00. The van der Waals surface area contributed by atoms with Gasteiger partial charge in [-0.25, -0.2) is 9.59 Å². The highest BCUT2D eigenvalue weighted by atomic mass is 32.2. The van der Waals surface area contributed by atoms with Crippen LogP contribution in [-0.4, -0.2) is 61.0 Å². The van der Waals surface area contributed by atoms with Gasteiger partial charge in [-0.05, 0) is 28.7 Å². The van der Waals surface area contributed by atoms with Gasteiger partial charge in [0.05, 0.1) is 5.75 Å². The van der Waals surface area contributed by atoms with Crippen LogP contribution in [-0.2, 0) is 24.4 Å². The number of carbonyl (C=O) groups is 3. The fourth-order valence-corrected chi connectivity index (χ4v) is 4.08. The third-order valence-electron chi connectivity index (χ3n) is 5.28. The molecule has 0 saturated heterocycles. The predicted octanol–water partition coefficient (Wildman–Crippen LogP) is 1.76. The first kappa shape index (κ1) is 24.2. The molecule has 10 nitrogen and oxygen atoms in total. The van der Waals surface area contributed by atoms with E-state index in [-0.39, 0.29) is 31.9 Å². The highest BCUT2D eigenvalue weighted by molar-refractivity contribution is 7.85. The average Bonchev–Trinajstić information content (AvgIpc) is 3.08. The van der Waals surface area contributed by atoms with Gasteiger partial charge in [-0.3, -0.25) is 9.35 Å². The molecule has 0 radical (unpaired) electrons. The number of rotatable bonds is 10. The van der Waals surface area contributed by atoms with Crippen molar-refractivity contribution in [3.05, 3.63) is 59.7 Å². The molecule has 33 heavy (non-hydrogen) atoms. The minimum Gasteiger partial charge on any atom is -0.480 e. The van der Waals surface area contributed by atoms with E-state index < -0.39 is 39.9 Å². The number of fused-ring (bicyclic) bond motifs is 3. The zero-order chi connectivity index (χ0) is 24.0. The fraction of sp³-hybridized carbons (Fsp3) is 0.318. The van der Waals surface area contributed by atoms with Crippen molar-refractivity contribution >= 4 is 28.1 Å². The van der Waals surface area contributed by atoms with E-state index in [9.17, 15) is 27.9 Å². The number of carbonyl (C=O) groups excluding carboxylic acids is 2. The molecule has 0 bridgehead atoms. The van der Waals surface area contributed by atoms with E-state index in [2.05, 4.69) is 10.6 Å². The molecule has 1 atom stereocenters. The van der Waals surface area contributed by atoms with Crippen LogP contribution in [0.3, 0.4) is 0 Å². The molecular formula is C22H24N2O8S. The van der Waals surface area contributed by atoms with Crippen molar-refractivity contribution in [1.82, 2.24) is 10.6 Å². The van der Waals surface area contributed by atoms with Crippen molar-refractivity contribution in [2.75, 3.05) is 18.9 Å². The molecule has 2 amide bonds. The van der Waals surface area contributed by atoms with Gasteiger partial charge >= 0.3 is 12.1 Å². The van der Waals surface area contributed by atoms with Gasteiger partial charge in [0.2, 0.25) is 5.91 Å². The molecule has 2 aromatic rings. The van der Waals surface area contributed by atoms with Gasteiger partial charge in [0.25, 0.3) is 10.1 Å². The molecule has 0 aromatic heterocycles. The predicted molar refractivity (Wildman–Crippen MR) is 118 cm³/mol. The van der Waals surface area contributed by atoms with Gasteiger partial charge in [0, 0.05) is 18.9 Å². The average molecular weight is 477 g/mol. The molecule has 2 aromatic carbocycles. The minimum absolute atomic E-state index is 0.0162. The lowest BCUT2D eigenvalue weighted by Gasteiger charge is -2.17. The lowest BCUT2D eigenvalue weighted by molar-refractivity contribution is -0.139. The second-order valence-corrected chi connectivity index (χ2v) is 9.11. The lowest BCUT2D eigenvalue weighted by Crippen LogP contribution is -2.42. The molecule has 0 spiro atoms. The summed E-state index contributed by atoms with van der Waals surface area (Å²) >= 11 is 0. The molecule has 0 aliphatic heterocycles. The number of nitrogens with one attached hydrogen (secondary N) is 2. The number of aliphatic carboxylic acids is 1. The number of carboxylic acid groups (broad SMARTS) is 1. The van der Waals surface area contributed by atoms with Crippen LogP contribution in [0.15, 0.2) is 48.5 Å². The Hall–Kier alpha value is -3.44. The van der Waals surface area contributed by atoms with Crippen molar-refractivity contribution < 1.29 is 37.2 Å². The largest absolute Gasteiger partial charge is 0.480 e. The number of carboxylic acids is 1. The van der Waals surface area contributed by atoms with Crippen LogP contribution in [0.1, 0.15) is 29.9 Å². The van der Waals surface area contributed by atoms with Gasteiger partial charge in [0.1, 0.15) is 12.6 Å². The standard InChI is InChI=1S/C22H24N2O8S/c25-20(23-11-12-33(29,30)31)10-9-19(21(26)27)24-22(28)32-13-18-16-7-3-1-5-14(16)15-6-2-4-8-17(15)18/h1-8,18-19H,9-13H2,(H,23,25)(H,24,28)(H,26,27)(H,29,30,31)/t19-/m0/s1. The maximum Gasteiger partial charge on any atom is 0.407 e. The second kappa shape index (κ2) is 10.5. The van der Waals surface area contributed by atoms with E-state index in [1.54, 1.807) is 0 Å². The van der Waals surface area contributed by atoms with E-state index in [1.807, 2.05) is 48.5 Å².